The summed E-state index contributed by atoms with van der Waals surface area (Å²) in [6.07, 6.45) is 0.942. The number of carbonyl (C=O) groups excluding carboxylic acids is 1. The van der Waals surface area contributed by atoms with Gasteiger partial charge in [-0.2, -0.15) is 0 Å². The summed E-state index contributed by atoms with van der Waals surface area (Å²) in [6.45, 7) is 7.99. The fourth-order valence-electron chi connectivity index (χ4n) is 1.00. The van der Waals surface area contributed by atoms with Gasteiger partial charge >= 0.3 is 5.97 Å². The number of hydrogen-bond donors (Lipinski definition) is 0. The van der Waals surface area contributed by atoms with Crippen molar-refractivity contribution < 1.29 is 18.7 Å². The fourth-order valence-corrected chi connectivity index (χ4v) is 1.00. The van der Waals surface area contributed by atoms with Gasteiger partial charge in [-0.05, 0) is 13.8 Å². The molecule has 0 saturated heterocycles. The standard InChI is InChI=1S/C10H12FNO3.C2H6/c1-3-14-9-5-8(10(13)15-4-2)12-6-7(9)11;1-2/h5-6H,3-4H2,1-2H3;1-2H3. The Morgan fingerprint density at radius 2 is 2.00 bits per heavy atom. The summed E-state index contributed by atoms with van der Waals surface area (Å²) in [7, 11) is 0. The van der Waals surface area contributed by atoms with Crippen LogP contribution < -0.4 is 4.74 Å². The van der Waals surface area contributed by atoms with Crippen LogP contribution in [0, 0.1) is 5.82 Å². The lowest BCUT2D eigenvalue weighted by atomic mass is 10.3. The third-order valence-corrected chi connectivity index (χ3v) is 1.60. The summed E-state index contributed by atoms with van der Waals surface area (Å²) < 4.78 is 22.8. The normalized spacial score (nSPS) is 9.00. The van der Waals surface area contributed by atoms with Gasteiger partial charge in [0.15, 0.2) is 17.3 Å². The fraction of sp³-hybridized carbons (Fsp3) is 0.500. The lowest BCUT2D eigenvalue weighted by Gasteiger charge is -2.05. The van der Waals surface area contributed by atoms with Crippen LogP contribution in [0.2, 0.25) is 0 Å². The van der Waals surface area contributed by atoms with Gasteiger partial charge in [0.2, 0.25) is 0 Å². The Morgan fingerprint density at radius 3 is 2.53 bits per heavy atom. The van der Waals surface area contributed by atoms with E-state index in [0.29, 0.717) is 6.61 Å². The van der Waals surface area contributed by atoms with E-state index in [-0.39, 0.29) is 18.1 Å². The van der Waals surface area contributed by atoms with E-state index in [4.69, 9.17) is 9.47 Å². The van der Waals surface area contributed by atoms with Gasteiger partial charge in [-0.25, -0.2) is 14.2 Å². The highest BCUT2D eigenvalue weighted by atomic mass is 19.1. The van der Waals surface area contributed by atoms with Gasteiger partial charge in [-0.3, -0.25) is 0 Å². The van der Waals surface area contributed by atoms with Crippen LogP contribution in [0.1, 0.15) is 38.2 Å². The van der Waals surface area contributed by atoms with Crippen LogP contribution in [0.4, 0.5) is 4.39 Å². The monoisotopic (exact) mass is 243 g/mol. The van der Waals surface area contributed by atoms with Crippen molar-refractivity contribution in [1.29, 1.82) is 0 Å². The third-order valence-electron chi connectivity index (χ3n) is 1.60. The Kier molecular flexibility index (Phi) is 7.67. The second-order valence-corrected chi connectivity index (χ2v) is 2.65. The topological polar surface area (TPSA) is 48.4 Å². The molecule has 1 heterocycles. The molecule has 0 amide bonds. The lowest BCUT2D eigenvalue weighted by molar-refractivity contribution is 0.0518. The highest BCUT2D eigenvalue weighted by Crippen LogP contribution is 2.17. The molecule has 5 heteroatoms. The minimum absolute atomic E-state index is 0.00977. The van der Waals surface area contributed by atoms with Gasteiger partial charge in [0.25, 0.3) is 0 Å². The quantitative estimate of drug-likeness (QED) is 0.763. The average molecular weight is 243 g/mol. The first-order chi connectivity index (χ1) is 8.19. The molecule has 0 aliphatic heterocycles. The third kappa shape index (κ3) is 4.80. The largest absolute Gasteiger partial charge is 0.491 e. The molecule has 0 aliphatic rings. The number of nitrogens with zero attached hydrogens (tertiary/aromatic N) is 1. The minimum atomic E-state index is -0.593. The molecule has 0 N–H and O–H groups in total. The molecule has 1 aromatic heterocycles. The van der Waals surface area contributed by atoms with Crippen LogP contribution >= 0.6 is 0 Å². The second kappa shape index (κ2) is 8.50. The first-order valence-electron chi connectivity index (χ1n) is 5.64. The molecular formula is C12H18FNO3. The molecule has 0 radical (unpaired) electrons. The highest BCUT2D eigenvalue weighted by Gasteiger charge is 2.12. The smallest absolute Gasteiger partial charge is 0.357 e. The predicted octanol–water partition coefficient (Wildman–Crippen LogP) is 2.82. The Balaban J connectivity index is 0.00000121. The molecule has 0 unspecified atom stereocenters. The summed E-state index contributed by atoms with van der Waals surface area (Å²) in [5.74, 6) is -1.17. The van der Waals surface area contributed by atoms with E-state index >= 15 is 0 Å². The molecule has 0 fully saturated rings. The molecule has 0 spiro atoms. The molecule has 0 aromatic carbocycles. The van der Waals surface area contributed by atoms with Crippen LogP contribution in [0.15, 0.2) is 12.3 Å². The van der Waals surface area contributed by atoms with Crippen molar-refractivity contribution in [3.63, 3.8) is 0 Å². The second-order valence-electron chi connectivity index (χ2n) is 2.65. The summed E-state index contributed by atoms with van der Waals surface area (Å²) in [5.41, 5.74) is 0.0432. The zero-order valence-corrected chi connectivity index (χ0v) is 10.6. The van der Waals surface area contributed by atoms with Crippen molar-refractivity contribution >= 4 is 5.97 Å². The van der Waals surface area contributed by atoms with Crippen LogP contribution in [0.3, 0.4) is 0 Å². The van der Waals surface area contributed by atoms with E-state index in [2.05, 4.69) is 4.98 Å². The SMILES string of the molecule is CC.CCOC(=O)c1cc(OCC)c(F)cn1. The molecule has 0 aliphatic carbocycles. The van der Waals surface area contributed by atoms with Gasteiger partial charge in [0, 0.05) is 6.07 Å². The van der Waals surface area contributed by atoms with Gasteiger partial charge in [0.05, 0.1) is 19.4 Å². The summed E-state index contributed by atoms with van der Waals surface area (Å²) in [5, 5.41) is 0. The number of pyridine rings is 1. The highest BCUT2D eigenvalue weighted by molar-refractivity contribution is 5.87. The van der Waals surface area contributed by atoms with E-state index in [9.17, 15) is 9.18 Å². The van der Waals surface area contributed by atoms with Crippen LogP contribution in [0.5, 0.6) is 5.75 Å². The molecule has 1 aromatic rings. The number of hydrogen-bond acceptors (Lipinski definition) is 4. The van der Waals surface area contributed by atoms with E-state index in [1.54, 1.807) is 13.8 Å². The summed E-state index contributed by atoms with van der Waals surface area (Å²) in [4.78, 5) is 14.9. The van der Waals surface area contributed by atoms with Crippen LogP contribution in [-0.2, 0) is 4.74 Å². The van der Waals surface area contributed by atoms with Crippen molar-refractivity contribution in [2.24, 2.45) is 0 Å². The molecule has 0 saturated carbocycles. The van der Waals surface area contributed by atoms with E-state index in [1.165, 1.54) is 6.07 Å². The van der Waals surface area contributed by atoms with Crippen molar-refractivity contribution in [3.8, 4) is 5.75 Å². The Hall–Kier alpha value is -1.65. The zero-order chi connectivity index (χ0) is 13.3. The number of esters is 1. The van der Waals surface area contributed by atoms with Crippen molar-refractivity contribution in [2.45, 2.75) is 27.7 Å². The van der Waals surface area contributed by atoms with Gasteiger partial charge < -0.3 is 9.47 Å². The predicted molar refractivity (Wildman–Crippen MR) is 62.7 cm³/mol. The molecule has 0 bridgehead atoms. The maximum Gasteiger partial charge on any atom is 0.357 e. The molecule has 1 rings (SSSR count). The number of ether oxygens (including phenoxy) is 2. The molecule has 0 atom stereocenters. The maximum atomic E-state index is 13.1. The van der Waals surface area contributed by atoms with Gasteiger partial charge in [0.1, 0.15) is 0 Å². The number of halogens is 1. The maximum absolute atomic E-state index is 13.1. The first-order valence-corrected chi connectivity index (χ1v) is 5.64. The molecule has 4 nitrogen and oxygen atoms in total. The Morgan fingerprint density at radius 1 is 1.35 bits per heavy atom. The lowest BCUT2D eigenvalue weighted by Crippen LogP contribution is -2.08. The van der Waals surface area contributed by atoms with Gasteiger partial charge in [-0.1, -0.05) is 13.8 Å². The minimum Gasteiger partial charge on any atom is -0.491 e. The van der Waals surface area contributed by atoms with E-state index in [1.807, 2.05) is 13.8 Å². The van der Waals surface area contributed by atoms with Crippen LogP contribution in [0.25, 0.3) is 0 Å². The molecule has 17 heavy (non-hydrogen) atoms. The zero-order valence-electron chi connectivity index (χ0n) is 10.6. The first kappa shape index (κ1) is 15.3. The Bertz CT molecular complexity index is 356. The number of aromatic nitrogens is 1. The van der Waals surface area contributed by atoms with Crippen LogP contribution in [-0.4, -0.2) is 24.2 Å². The molecule has 96 valence electrons. The number of carbonyl (C=O) groups is 1. The van der Waals surface area contributed by atoms with Crippen molar-refractivity contribution in [3.05, 3.63) is 23.8 Å². The average Bonchev–Trinajstić information content (AvgIpc) is 2.35. The van der Waals surface area contributed by atoms with Crippen molar-refractivity contribution in [1.82, 2.24) is 4.98 Å². The van der Waals surface area contributed by atoms with E-state index < -0.39 is 11.8 Å². The van der Waals surface area contributed by atoms with Gasteiger partial charge in [-0.15, -0.1) is 0 Å². The Labute approximate surface area is 101 Å². The van der Waals surface area contributed by atoms with Crippen molar-refractivity contribution in [2.75, 3.05) is 13.2 Å². The van der Waals surface area contributed by atoms with E-state index in [0.717, 1.165) is 6.20 Å². The molecular weight excluding hydrogens is 225 g/mol. The number of rotatable bonds is 4. The summed E-state index contributed by atoms with van der Waals surface area (Å²) in [6, 6.07) is 1.23. The summed E-state index contributed by atoms with van der Waals surface area (Å²) >= 11 is 0.